The van der Waals surface area contributed by atoms with Gasteiger partial charge < -0.3 is 9.15 Å². The monoisotopic (exact) mass is 419 g/mol. The summed E-state index contributed by atoms with van der Waals surface area (Å²) < 4.78 is 11.3. The number of methoxy groups -OCH3 is 1. The van der Waals surface area contributed by atoms with Crippen molar-refractivity contribution in [1.82, 2.24) is 10.2 Å². The standard InChI is InChI=1S/C22H17N3O4S/c1-3-16-23-24-22(30-16)25-18(12-7-6-8-13(11-12)28-2)17-19(26)14-9-4-5-10-15(14)29-20(17)21(25)27/h4-11,18H,3H2,1-2H3. The van der Waals surface area contributed by atoms with Gasteiger partial charge in [0.1, 0.15) is 16.3 Å². The molecule has 30 heavy (non-hydrogen) atoms. The Morgan fingerprint density at radius 3 is 2.73 bits per heavy atom. The molecule has 1 atom stereocenters. The van der Waals surface area contributed by atoms with Gasteiger partial charge in [-0.2, -0.15) is 0 Å². The Labute approximate surface area is 175 Å². The number of para-hydroxylation sites is 1. The molecule has 1 amide bonds. The molecule has 0 N–H and O–H groups in total. The lowest BCUT2D eigenvalue weighted by Gasteiger charge is -2.22. The van der Waals surface area contributed by atoms with Crippen molar-refractivity contribution in [1.29, 1.82) is 0 Å². The van der Waals surface area contributed by atoms with E-state index in [-0.39, 0.29) is 11.2 Å². The van der Waals surface area contributed by atoms with Crippen molar-refractivity contribution >= 4 is 33.3 Å². The maximum Gasteiger partial charge on any atom is 0.297 e. The molecular formula is C22H17N3O4S. The number of rotatable bonds is 4. The third kappa shape index (κ3) is 2.72. The van der Waals surface area contributed by atoms with E-state index in [1.165, 1.54) is 16.2 Å². The molecule has 0 aliphatic carbocycles. The fraction of sp³-hybridized carbons (Fsp3) is 0.182. The van der Waals surface area contributed by atoms with Crippen LogP contribution in [0.5, 0.6) is 5.75 Å². The van der Waals surface area contributed by atoms with Gasteiger partial charge in [-0.1, -0.05) is 42.5 Å². The van der Waals surface area contributed by atoms with Crippen molar-refractivity contribution in [2.75, 3.05) is 12.0 Å². The number of fused-ring (bicyclic) bond motifs is 2. The second kappa shape index (κ2) is 7.07. The topological polar surface area (TPSA) is 85.5 Å². The van der Waals surface area contributed by atoms with Crippen LogP contribution in [0.4, 0.5) is 5.13 Å². The maximum absolute atomic E-state index is 13.4. The van der Waals surface area contributed by atoms with E-state index in [2.05, 4.69) is 10.2 Å². The normalized spacial score (nSPS) is 15.6. The molecule has 4 aromatic rings. The van der Waals surface area contributed by atoms with Gasteiger partial charge in [0.05, 0.1) is 24.1 Å². The molecule has 0 saturated carbocycles. The van der Waals surface area contributed by atoms with E-state index in [9.17, 15) is 9.59 Å². The predicted molar refractivity (Wildman–Crippen MR) is 113 cm³/mol. The quantitative estimate of drug-likeness (QED) is 0.498. The molecule has 3 heterocycles. The highest BCUT2D eigenvalue weighted by atomic mass is 32.1. The first-order valence-corrected chi connectivity index (χ1v) is 10.3. The van der Waals surface area contributed by atoms with Crippen LogP contribution in [0.3, 0.4) is 0 Å². The second-order valence-corrected chi connectivity index (χ2v) is 7.90. The highest BCUT2D eigenvalue weighted by Crippen LogP contribution is 2.42. The molecule has 1 aliphatic rings. The lowest BCUT2D eigenvalue weighted by atomic mass is 9.98. The molecule has 150 valence electrons. The predicted octanol–water partition coefficient (Wildman–Crippen LogP) is 3.97. The van der Waals surface area contributed by atoms with Crippen molar-refractivity contribution in [3.8, 4) is 5.75 Å². The van der Waals surface area contributed by atoms with Crippen LogP contribution in [0.2, 0.25) is 0 Å². The van der Waals surface area contributed by atoms with Gasteiger partial charge in [0, 0.05) is 0 Å². The third-order valence-electron chi connectivity index (χ3n) is 5.15. The molecule has 7 nitrogen and oxygen atoms in total. The molecule has 2 aromatic heterocycles. The van der Waals surface area contributed by atoms with E-state index < -0.39 is 11.9 Å². The van der Waals surface area contributed by atoms with Gasteiger partial charge in [-0.15, -0.1) is 10.2 Å². The number of aryl methyl sites for hydroxylation is 1. The van der Waals surface area contributed by atoms with Gasteiger partial charge in [-0.25, -0.2) is 0 Å². The first kappa shape index (κ1) is 18.5. The van der Waals surface area contributed by atoms with Crippen molar-refractivity contribution in [3.63, 3.8) is 0 Å². The highest BCUT2D eigenvalue weighted by Gasteiger charge is 2.45. The summed E-state index contributed by atoms with van der Waals surface area (Å²) in [4.78, 5) is 28.4. The molecule has 0 spiro atoms. The molecule has 2 aromatic carbocycles. The summed E-state index contributed by atoms with van der Waals surface area (Å²) in [6, 6.07) is 13.6. The average Bonchev–Trinajstić information content (AvgIpc) is 3.37. The van der Waals surface area contributed by atoms with Crippen LogP contribution in [0.25, 0.3) is 11.0 Å². The van der Waals surface area contributed by atoms with Crippen LogP contribution in [-0.4, -0.2) is 23.2 Å². The van der Waals surface area contributed by atoms with Gasteiger partial charge in [0.2, 0.25) is 10.9 Å². The van der Waals surface area contributed by atoms with E-state index in [1.54, 1.807) is 31.4 Å². The zero-order valence-corrected chi connectivity index (χ0v) is 17.1. The SMILES string of the molecule is CCc1nnc(N2C(=O)c3oc4ccccc4c(=O)c3C2c2cccc(OC)c2)s1. The molecule has 0 radical (unpaired) electrons. The van der Waals surface area contributed by atoms with E-state index in [0.29, 0.717) is 33.8 Å². The van der Waals surface area contributed by atoms with Crippen LogP contribution in [0, 0.1) is 0 Å². The van der Waals surface area contributed by atoms with Gasteiger partial charge in [-0.3, -0.25) is 14.5 Å². The van der Waals surface area contributed by atoms with Crippen molar-refractivity contribution in [3.05, 3.63) is 80.6 Å². The zero-order valence-electron chi connectivity index (χ0n) is 16.3. The Bertz CT molecular complexity index is 1340. The summed E-state index contributed by atoms with van der Waals surface area (Å²) in [6.45, 7) is 1.97. The number of nitrogens with zero attached hydrogens (tertiary/aromatic N) is 3. The molecule has 0 saturated heterocycles. The van der Waals surface area contributed by atoms with Crippen molar-refractivity contribution in [2.24, 2.45) is 0 Å². The zero-order chi connectivity index (χ0) is 20.8. The van der Waals surface area contributed by atoms with Crippen LogP contribution in [0.1, 0.15) is 39.7 Å². The van der Waals surface area contributed by atoms with Gasteiger partial charge >= 0.3 is 0 Å². The fourth-order valence-corrected chi connectivity index (χ4v) is 4.53. The van der Waals surface area contributed by atoms with Gasteiger partial charge in [-0.05, 0) is 36.2 Å². The minimum Gasteiger partial charge on any atom is -0.497 e. The Kier molecular flexibility index (Phi) is 4.36. The maximum atomic E-state index is 13.4. The number of hydrogen-bond acceptors (Lipinski definition) is 7. The third-order valence-corrected chi connectivity index (χ3v) is 6.22. The molecular weight excluding hydrogens is 402 g/mol. The summed E-state index contributed by atoms with van der Waals surface area (Å²) in [5, 5.41) is 10.0. The Balaban J connectivity index is 1.80. The Hall–Kier alpha value is -3.52. The number of carbonyl (C=O) groups excluding carboxylic acids is 1. The van der Waals surface area contributed by atoms with Crippen LogP contribution >= 0.6 is 11.3 Å². The largest absolute Gasteiger partial charge is 0.497 e. The second-order valence-electron chi connectivity index (χ2n) is 6.86. The Morgan fingerprint density at radius 1 is 1.13 bits per heavy atom. The fourth-order valence-electron chi connectivity index (χ4n) is 3.73. The van der Waals surface area contributed by atoms with Gasteiger partial charge in [0.25, 0.3) is 5.91 Å². The molecule has 0 fully saturated rings. The molecule has 1 aliphatic heterocycles. The number of carbonyl (C=O) groups is 1. The van der Waals surface area contributed by atoms with Gasteiger partial charge in [0.15, 0.2) is 5.43 Å². The summed E-state index contributed by atoms with van der Waals surface area (Å²) in [6.07, 6.45) is 0.706. The van der Waals surface area contributed by atoms with Crippen LogP contribution < -0.4 is 15.1 Å². The summed E-state index contributed by atoms with van der Waals surface area (Å²) in [7, 11) is 1.57. The van der Waals surface area contributed by atoms with Crippen LogP contribution in [-0.2, 0) is 6.42 Å². The summed E-state index contributed by atoms with van der Waals surface area (Å²) in [5.41, 5.74) is 1.19. The molecule has 8 heteroatoms. The molecule has 5 rings (SSSR count). The minimum atomic E-state index is -0.680. The first-order valence-electron chi connectivity index (χ1n) is 9.48. The molecule has 0 bridgehead atoms. The smallest absolute Gasteiger partial charge is 0.297 e. The van der Waals surface area contributed by atoms with Crippen molar-refractivity contribution < 1.29 is 13.9 Å². The number of amides is 1. The van der Waals surface area contributed by atoms with E-state index >= 15 is 0 Å². The van der Waals surface area contributed by atoms with E-state index in [4.69, 9.17) is 9.15 Å². The van der Waals surface area contributed by atoms with Crippen LogP contribution in [0.15, 0.2) is 57.7 Å². The van der Waals surface area contributed by atoms with E-state index in [0.717, 1.165) is 10.6 Å². The average molecular weight is 419 g/mol. The lowest BCUT2D eigenvalue weighted by Crippen LogP contribution is -2.29. The Morgan fingerprint density at radius 2 is 1.97 bits per heavy atom. The number of aromatic nitrogens is 2. The number of ether oxygens (including phenoxy) is 1. The molecule has 1 unspecified atom stereocenters. The number of anilines is 1. The summed E-state index contributed by atoms with van der Waals surface area (Å²) in [5.74, 6) is 0.268. The number of hydrogen-bond donors (Lipinski definition) is 0. The van der Waals surface area contributed by atoms with Crippen molar-refractivity contribution in [2.45, 2.75) is 19.4 Å². The first-order chi connectivity index (χ1) is 14.6. The summed E-state index contributed by atoms with van der Waals surface area (Å²) >= 11 is 1.33. The highest BCUT2D eigenvalue weighted by molar-refractivity contribution is 7.15. The minimum absolute atomic E-state index is 0.0415. The lowest BCUT2D eigenvalue weighted by molar-refractivity contribution is 0.0970. The number of benzene rings is 2. The van der Waals surface area contributed by atoms with E-state index in [1.807, 2.05) is 31.2 Å².